The Morgan fingerprint density at radius 2 is 2.02 bits per heavy atom. The summed E-state index contributed by atoms with van der Waals surface area (Å²) in [7, 11) is 1.95. The number of anilines is 2. The van der Waals surface area contributed by atoms with Gasteiger partial charge in [0, 0.05) is 70.9 Å². The molecule has 11 heteroatoms. The van der Waals surface area contributed by atoms with E-state index in [1.807, 2.05) is 43.1 Å². The number of hydrogen-bond acceptors (Lipinski definition) is 8. The standard InChI is InChI=1S/C33H30FN7O2S/c1-4-5-6-26(43)37-19-13-18(14-35-15-19)20-7-8-23-27(29(20)34)28(31-22(38-31)16-41(23)3)32-39-30-21(11-12-36-33(30)40-32)25-10-9-24(44-25)17(2)42/h7-15,22,38H,4-6,16H2,1-3H3,(H,37,43)(H,36,39,40). The number of nitrogens with one attached hydrogen (secondary N) is 3. The van der Waals surface area contributed by atoms with Crippen LogP contribution in [0.15, 0.2) is 60.7 Å². The Labute approximate surface area is 257 Å². The molecule has 7 rings (SSSR count). The lowest BCUT2D eigenvalue weighted by atomic mass is 9.95. The van der Waals surface area contributed by atoms with Crippen molar-refractivity contribution in [3.63, 3.8) is 0 Å². The lowest BCUT2D eigenvalue weighted by Gasteiger charge is -2.22. The van der Waals surface area contributed by atoms with Crippen LogP contribution in [0.1, 0.15) is 54.2 Å². The molecule has 222 valence electrons. The van der Waals surface area contributed by atoms with E-state index < -0.39 is 5.82 Å². The number of aromatic amines is 1. The van der Waals surface area contributed by atoms with E-state index in [9.17, 15) is 9.59 Å². The molecular formula is C33H30FN7O2S. The maximum Gasteiger partial charge on any atom is 0.224 e. The lowest BCUT2D eigenvalue weighted by molar-refractivity contribution is -0.116. The van der Waals surface area contributed by atoms with E-state index in [4.69, 9.17) is 4.98 Å². The molecule has 0 bridgehead atoms. The summed E-state index contributed by atoms with van der Waals surface area (Å²) in [6.07, 6.45) is 7.01. The van der Waals surface area contributed by atoms with Crippen molar-refractivity contribution >= 4 is 51.1 Å². The number of thiophene rings is 1. The molecule has 2 aliphatic rings. The van der Waals surface area contributed by atoms with Gasteiger partial charge >= 0.3 is 0 Å². The van der Waals surface area contributed by atoms with Gasteiger partial charge in [-0.05, 0) is 49.7 Å². The highest BCUT2D eigenvalue weighted by Gasteiger charge is 2.41. The molecule has 0 spiro atoms. The number of Topliss-reactive ketones (excluding diaryl/α,β-unsaturated/α-hetero) is 1. The first-order chi connectivity index (χ1) is 21.3. The van der Waals surface area contributed by atoms with Gasteiger partial charge in [-0.2, -0.15) is 0 Å². The molecule has 0 aliphatic carbocycles. The summed E-state index contributed by atoms with van der Waals surface area (Å²) in [6.45, 7) is 4.27. The second kappa shape index (κ2) is 11.0. The molecule has 0 radical (unpaired) electrons. The summed E-state index contributed by atoms with van der Waals surface area (Å²) in [4.78, 5) is 45.0. The monoisotopic (exact) mass is 607 g/mol. The number of H-pyrrole nitrogens is 1. The van der Waals surface area contributed by atoms with Gasteiger partial charge in [0.05, 0.1) is 33.9 Å². The van der Waals surface area contributed by atoms with E-state index in [1.54, 1.807) is 37.6 Å². The molecule has 1 fully saturated rings. The molecule has 1 saturated heterocycles. The van der Waals surface area contributed by atoms with Gasteiger partial charge in [0.2, 0.25) is 5.91 Å². The Balaban J connectivity index is 1.33. The molecule has 2 aliphatic heterocycles. The van der Waals surface area contributed by atoms with Crippen LogP contribution in [0.4, 0.5) is 15.8 Å². The number of fused-ring (bicyclic) bond motifs is 3. The molecule has 6 heterocycles. The van der Waals surface area contributed by atoms with Crippen molar-refractivity contribution in [2.24, 2.45) is 0 Å². The number of hydrogen-bond donors (Lipinski definition) is 3. The first-order valence-corrected chi connectivity index (χ1v) is 15.4. The van der Waals surface area contributed by atoms with Crippen LogP contribution in [0.3, 0.4) is 0 Å². The van der Waals surface area contributed by atoms with Crippen molar-refractivity contribution in [2.75, 3.05) is 23.8 Å². The third-order valence-electron chi connectivity index (χ3n) is 8.04. The number of rotatable bonds is 8. The van der Waals surface area contributed by atoms with Crippen LogP contribution >= 0.6 is 11.3 Å². The van der Waals surface area contributed by atoms with E-state index in [2.05, 4.69) is 25.6 Å². The van der Waals surface area contributed by atoms with E-state index in [0.717, 1.165) is 40.2 Å². The highest BCUT2D eigenvalue weighted by Crippen LogP contribution is 2.45. The fourth-order valence-electron chi connectivity index (χ4n) is 5.75. The molecule has 44 heavy (non-hydrogen) atoms. The van der Waals surface area contributed by atoms with Gasteiger partial charge in [0.15, 0.2) is 11.4 Å². The lowest BCUT2D eigenvalue weighted by Crippen LogP contribution is -2.24. The molecule has 5 aromatic rings. The summed E-state index contributed by atoms with van der Waals surface area (Å²) in [5.74, 6) is 0.0294. The highest BCUT2D eigenvalue weighted by molar-refractivity contribution is 7.17. The van der Waals surface area contributed by atoms with Crippen LogP contribution in [0.25, 0.3) is 38.3 Å². The highest BCUT2D eigenvalue weighted by atomic mass is 32.1. The number of imidazole rings is 1. The average molecular weight is 608 g/mol. The molecule has 9 nitrogen and oxygen atoms in total. The topological polar surface area (TPSA) is 126 Å². The summed E-state index contributed by atoms with van der Waals surface area (Å²) in [6, 6.07) is 11.1. The smallest absolute Gasteiger partial charge is 0.224 e. The Kier molecular flexibility index (Phi) is 6.97. The number of carbonyl (C=O) groups is 2. The van der Waals surface area contributed by atoms with Crippen molar-refractivity contribution in [3.8, 4) is 21.6 Å². The fraction of sp³-hybridized carbons (Fsp3) is 0.242. The zero-order valence-electron chi connectivity index (χ0n) is 24.5. The Morgan fingerprint density at radius 1 is 1.16 bits per heavy atom. The predicted molar refractivity (Wildman–Crippen MR) is 171 cm³/mol. The van der Waals surface area contributed by atoms with Gasteiger partial charge in [-0.3, -0.25) is 14.6 Å². The Morgan fingerprint density at radius 3 is 2.82 bits per heavy atom. The zero-order valence-corrected chi connectivity index (χ0v) is 25.3. The number of likely N-dealkylation sites (N-methyl/N-ethyl adjacent to an activating group) is 1. The number of pyridine rings is 2. The number of benzene rings is 1. The second-order valence-corrected chi connectivity index (χ2v) is 12.2. The van der Waals surface area contributed by atoms with Crippen LogP contribution in [-0.2, 0) is 4.79 Å². The van der Waals surface area contributed by atoms with Crippen LogP contribution in [-0.4, -0.2) is 51.3 Å². The van der Waals surface area contributed by atoms with Crippen LogP contribution in [0.5, 0.6) is 0 Å². The van der Waals surface area contributed by atoms with E-state index in [1.165, 1.54) is 11.3 Å². The minimum absolute atomic E-state index is 0.0136. The van der Waals surface area contributed by atoms with Gasteiger partial charge in [-0.25, -0.2) is 14.4 Å². The first-order valence-electron chi connectivity index (χ1n) is 14.6. The summed E-state index contributed by atoms with van der Waals surface area (Å²) in [5, 5.41) is 6.31. The molecular weight excluding hydrogens is 577 g/mol. The van der Waals surface area contributed by atoms with Crippen LogP contribution in [0.2, 0.25) is 0 Å². The van der Waals surface area contributed by atoms with Crippen molar-refractivity contribution in [3.05, 3.63) is 82.8 Å². The predicted octanol–water partition coefficient (Wildman–Crippen LogP) is 6.40. The molecule has 3 N–H and O–H groups in total. The van der Waals surface area contributed by atoms with E-state index in [0.29, 0.717) is 57.3 Å². The minimum atomic E-state index is -0.402. The molecule has 1 aromatic carbocycles. The fourth-order valence-corrected chi connectivity index (χ4v) is 6.68. The quantitative estimate of drug-likeness (QED) is 0.138. The number of amides is 1. The van der Waals surface area contributed by atoms with Crippen molar-refractivity contribution in [2.45, 2.75) is 39.2 Å². The van der Waals surface area contributed by atoms with Gasteiger partial charge in [0.1, 0.15) is 11.6 Å². The van der Waals surface area contributed by atoms with Crippen LogP contribution < -0.4 is 15.5 Å². The number of nitrogens with zero attached hydrogens (tertiary/aromatic N) is 4. The maximum absolute atomic E-state index is 16.9. The van der Waals surface area contributed by atoms with Gasteiger partial charge in [-0.15, -0.1) is 11.3 Å². The number of aromatic nitrogens is 4. The summed E-state index contributed by atoms with van der Waals surface area (Å²) >= 11 is 1.42. The minimum Gasteiger partial charge on any atom is -0.376 e. The Bertz CT molecular complexity index is 2000. The summed E-state index contributed by atoms with van der Waals surface area (Å²) in [5.41, 5.74) is 6.31. The zero-order chi connectivity index (χ0) is 30.5. The van der Waals surface area contributed by atoms with Crippen molar-refractivity contribution in [1.82, 2.24) is 25.3 Å². The van der Waals surface area contributed by atoms with E-state index in [-0.39, 0.29) is 17.7 Å². The third kappa shape index (κ3) is 4.92. The number of unbranched alkanes of at least 4 members (excludes halogenated alkanes) is 1. The average Bonchev–Trinajstić information content (AvgIpc) is 3.38. The van der Waals surface area contributed by atoms with Gasteiger partial charge in [-0.1, -0.05) is 13.3 Å². The van der Waals surface area contributed by atoms with Crippen LogP contribution in [0, 0.1) is 5.82 Å². The SMILES string of the molecule is CCCCC(=O)Nc1cncc(-c2ccc3c(c2F)C(c2nc4nccc(-c5ccc(C(C)=O)s5)c4[nH]2)=C2NC2CN3C)c1. The Hall–Kier alpha value is -4.90. The first kappa shape index (κ1) is 27.9. The van der Waals surface area contributed by atoms with Crippen molar-refractivity contribution < 1.29 is 14.0 Å². The second-order valence-electron chi connectivity index (χ2n) is 11.2. The number of ketones is 1. The number of halogens is 1. The molecule has 4 aromatic heterocycles. The van der Waals surface area contributed by atoms with Gasteiger partial charge in [0.25, 0.3) is 0 Å². The molecule has 1 amide bonds. The van der Waals surface area contributed by atoms with E-state index >= 15 is 4.39 Å². The van der Waals surface area contributed by atoms with Crippen molar-refractivity contribution in [1.29, 1.82) is 0 Å². The van der Waals surface area contributed by atoms with Gasteiger partial charge < -0.3 is 20.5 Å². The molecule has 1 unspecified atom stereocenters. The number of carbonyl (C=O) groups excluding carboxylic acids is 2. The normalized spacial score (nSPS) is 15.5. The molecule has 1 atom stereocenters. The third-order valence-corrected chi connectivity index (χ3v) is 9.26. The summed E-state index contributed by atoms with van der Waals surface area (Å²) < 4.78 is 16.9. The maximum atomic E-state index is 16.9. The largest absolute Gasteiger partial charge is 0.376 e. The molecule has 0 saturated carbocycles.